The molecule has 1 fully saturated rings. The van der Waals surface area contributed by atoms with Crippen LogP contribution in [0.3, 0.4) is 0 Å². The van der Waals surface area contributed by atoms with Crippen molar-refractivity contribution < 1.29 is 0 Å². The fourth-order valence-corrected chi connectivity index (χ4v) is 2.33. The summed E-state index contributed by atoms with van der Waals surface area (Å²) in [6.07, 6.45) is 3.09. The zero-order valence-electron chi connectivity index (χ0n) is 10.6. The third-order valence-electron chi connectivity index (χ3n) is 3.39. The van der Waals surface area contributed by atoms with Crippen LogP contribution in [-0.4, -0.2) is 23.5 Å². The molecule has 2 rings (SSSR count). The maximum atomic E-state index is 8.80. The molecule has 17 heavy (non-hydrogen) atoms. The van der Waals surface area contributed by atoms with Crippen LogP contribution in [0.1, 0.15) is 30.7 Å². The minimum atomic E-state index is 0.285. The zero-order chi connectivity index (χ0) is 12.3. The van der Waals surface area contributed by atoms with Crippen molar-refractivity contribution >= 4 is 0 Å². The summed E-state index contributed by atoms with van der Waals surface area (Å²) in [6, 6.07) is 8.43. The van der Waals surface area contributed by atoms with E-state index in [0.717, 1.165) is 24.5 Å². The summed E-state index contributed by atoms with van der Waals surface area (Å²) in [5.41, 5.74) is 2.46. The van der Waals surface area contributed by atoms with Gasteiger partial charge in [-0.3, -0.25) is 9.88 Å². The summed E-state index contributed by atoms with van der Waals surface area (Å²) >= 11 is 0. The topological polar surface area (TPSA) is 39.9 Å². The molecule has 3 heteroatoms. The van der Waals surface area contributed by atoms with Crippen LogP contribution in [-0.2, 0) is 6.54 Å². The number of nitriles is 1. The summed E-state index contributed by atoms with van der Waals surface area (Å²) < 4.78 is 0. The Kier molecular flexibility index (Phi) is 3.44. The number of hydrogen-bond donors (Lipinski definition) is 0. The summed E-state index contributed by atoms with van der Waals surface area (Å²) in [5.74, 6) is 0. The van der Waals surface area contributed by atoms with Gasteiger partial charge < -0.3 is 0 Å². The quantitative estimate of drug-likeness (QED) is 0.779. The summed E-state index contributed by atoms with van der Waals surface area (Å²) in [4.78, 5) is 6.79. The van der Waals surface area contributed by atoms with Gasteiger partial charge in [-0.15, -0.1) is 0 Å². The molecule has 0 amide bonds. The molecule has 0 aromatic carbocycles. The molecule has 0 aliphatic heterocycles. The van der Waals surface area contributed by atoms with Crippen LogP contribution >= 0.6 is 0 Å². The van der Waals surface area contributed by atoms with E-state index < -0.39 is 0 Å². The molecule has 0 N–H and O–H groups in total. The molecule has 0 bridgehead atoms. The lowest BCUT2D eigenvalue weighted by atomic mass is 10.0. The Morgan fingerprint density at radius 1 is 1.47 bits per heavy atom. The number of rotatable bonds is 5. The van der Waals surface area contributed by atoms with Crippen molar-refractivity contribution in [2.75, 3.05) is 13.6 Å². The molecular weight excluding hydrogens is 210 g/mol. The molecule has 0 saturated heterocycles. The van der Waals surface area contributed by atoms with Crippen molar-refractivity contribution in [3.05, 3.63) is 29.6 Å². The Bertz CT molecular complexity index is 429. The van der Waals surface area contributed by atoms with E-state index >= 15 is 0 Å². The van der Waals surface area contributed by atoms with Gasteiger partial charge in [-0.2, -0.15) is 5.26 Å². The third-order valence-corrected chi connectivity index (χ3v) is 3.39. The third kappa shape index (κ3) is 3.28. The lowest BCUT2D eigenvalue weighted by molar-refractivity contribution is 0.255. The number of hydrogen-bond acceptors (Lipinski definition) is 3. The lowest BCUT2D eigenvalue weighted by Gasteiger charge is -2.21. The molecule has 1 saturated carbocycles. The highest BCUT2D eigenvalue weighted by Gasteiger charge is 2.42. The average molecular weight is 229 g/mol. The van der Waals surface area contributed by atoms with Crippen LogP contribution < -0.4 is 0 Å². The van der Waals surface area contributed by atoms with Crippen LogP contribution in [0.4, 0.5) is 0 Å². The van der Waals surface area contributed by atoms with Crippen molar-refractivity contribution in [3.8, 4) is 6.07 Å². The van der Waals surface area contributed by atoms with Crippen LogP contribution in [0.25, 0.3) is 0 Å². The smallest absolute Gasteiger partial charge is 0.0628 e. The Hall–Kier alpha value is -1.40. The second kappa shape index (κ2) is 4.85. The van der Waals surface area contributed by atoms with Gasteiger partial charge in [0.05, 0.1) is 11.8 Å². The van der Waals surface area contributed by atoms with Crippen molar-refractivity contribution in [1.82, 2.24) is 9.88 Å². The highest BCUT2D eigenvalue weighted by atomic mass is 15.1. The largest absolute Gasteiger partial charge is 0.300 e. The van der Waals surface area contributed by atoms with Gasteiger partial charge in [-0.25, -0.2) is 0 Å². The van der Waals surface area contributed by atoms with Gasteiger partial charge in [0.15, 0.2) is 0 Å². The van der Waals surface area contributed by atoms with E-state index in [1.807, 2.05) is 19.1 Å². The van der Waals surface area contributed by atoms with Crippen LogP contribution in [0.15, 0.2) is 18.2 Å². The maximum absolute atomic E-state index is 8.80. The summed E-state index contributed by atoms with van der Waals surface area (Å²) in [6.45, 7) is 3.90. The van der Waals surface area contributed by atoms with Gasteiger partial charge in [0.25, 0.3) is 0 Å². The molecule has 0 radical (unpaired) electrons. The van der Waals surface area contributed by atoms with Gasteiger partial charge in [-0.05, 0) is 44.4 Å². The fraction of sp³-hybridized carbons (Fsp3) is 0.571. The molecule has 1 aliphatic rings. The van der Waals surface area contributed by atoms with E-state index in [2.05, 4.69) is 29.1 Å². The van der Waals surface area contributed by atoms with Crippen LogP contribution in [0, 0.1) is 23.7 Å². The molecule has 1 heterocycles. The minimum absolute atomic E-state index is 0.285. The zero-order valence-corrected chi connectivity index (χ0v) is 10.6. The highest BCUT2D eigenvalue weighted by Crippen LogP contribution is 2.49. The van der Waals surface area contributed by atoms with E-state index in [1.54, 1.807) is 0 Å². The molecule has 1 aromatic rings. The normalized spacial score (nSPS) is 16.8. The number of aromatic nitrogens is 1. The van der Waals surface area contributed by atoms with E-state index in [0.29, 0.717) is 6.42 Å². The van der Waals surface area contributed by atoms with Gasteiger partial charge in [0.1, 0.15) is 0 Å². The molecule has 0 unspecified atom stereocenters. The van der Waals surface area contributed by atoms with Crippen LogP contribution in [0.2, 0.25) is 0 Å². The minimum Gasteiger partial charge on any atom is -0.300 e. The van der Waals surface area contributed by atoms with E-state index in [1.165, 1.54) is 12.8 Å². The van der Waals surface area contributed by atoms with Gasteiger partial charge in [0.2, 0.25) is 0 Å². The molecule has 1 aliphatic carbocycles. The molecule has 90 valence electrons. The fourth-order valence-electron chi connectivity index (χ4n) is 2.33. The Labute approximate surface area is 103 Å². The second-order valence-corrected chi connectivity index (χ2v) is 5.28. The lowest BCUT2D eigenvalue weighted by Crippen LogP contribution is -2.26. The monoisotopic (exact) mass is 229 g/mol. The number of aryl methyl sites for hydroxylation is 1. The first kappa shape index (κ1) is 12.1. The van der Waals surface area contributed by atoms with E-state index in [4.69, 9.17) is 5.26 Å². The summed E-state index contributed by atoms with van der Waals surface area (Å²) in [5, 5.41) is 8.80. The molecular formula is C14H19N3. The van der Waals surface area contributed by atoms with Gasteiger partial charge in [-0.1, -0.05) is 6.07 Å². The first-order valence-corrected chi connectivity index (χ1v) is 6.12. The Morgan fingerprint density at radius 2 is 2.24 bits per heavy atom. The maximum Gasteiger partial charge on any atom is 0.0628 e. The van der Waals surface area contributed by atoms with Crippen molar-refractivity contribution in [3.63, 3.8) is 0 Å². The molecule has 3 nitrogen and oxygen atoms in total. The Balaban J connectivity index is 1.90. The predicted octanol–water partition coefficient (Wildman–Crippen LogP) is 2.52. The first-order valence-electron chi connectivity index (χ1n) is 6.12. The number of nitrogens with zero attached hydrogens (tertiary/aromatic N) is 3. The highest BCUT2D eigenvalue weighted by molar-refractivity contribution is 5.10. The summed E-state index contributed by atoms with van der Waals surface area (Å²) in [7, 11) is 2.11. The van der Waals surface area contributed by atoms with Crippen molar-refractivity contribution in [2.45, 2.75) is 32.7 Å². The van der Waals surface area contributed by atoms with Crippen molar-refractivity contribution in [1.29, 1.82) is 5.26 Å². The van der Waals surface area contributed by atoms with Gasteiger partial charge in [0, 0.05) is 25.2 Å². The van der Waals surface area contributed by atoms with Crippen molar-refractivity contribution in [2.24, 2.45) is 5.41 Å². The predicted molar refractivity (Wildman–Crippen MR) is 67.2 cm³/mol. The first-order chi connectivity index (χ1) is 8.13. The van der Waals surface area contributed by atoms with E-state index in [-0.39, 0.29) is 5.41 Å². The standard InChI is InChI=1S/C14H19N3/c1-12-4-3-5-13(16-12)10-17(2)11-14(6-7-14)8-9-15/h3-5H,6-8,10-11H2,1-2H3. The van der Waals surface area contributed by atoms with E-state index in [9.17, 15) is 0 Å². The van der Waals surface area contributed by atoms with Crippen LogP contribution in [0.5, 0.6) is 0 Å². The Morgan fingerprint density at radius 3 is 2.82 bits per heavy atom. The van der Waals surface area contributed by atoms with Gasteiger partial charge >= 0.3 is 0 Å². The molecule has 1 aromatic heterocycles. The SMILES string of the molecule is Cc1cccc(CN(C)CC2(CC#N)CC2)n1. The molecule has 0 spiro atoms. The number of pyridine rings is 1. The second-order valence-electron chi connectivity index (χ2n) is 5.28. The average Bonchev–Trinajstić information content (AvgIpc) is 2.97. The molecule has 0 atom stereocenters.